The summed E-state index contributed by atoms with van der Waals surface area (Å²) in [7, 11) is 2.01. The van der Waals surface area contributed by atoms with Crippen LogP contribution in [0.5, 0.6) is 0 Å². The Morgan fingerprint density at radius 2 is 2.00 bits per heavy atom. The van der Waals surface area contributed by atoms with E-state index in [1.807, 2.05) is 14.0 Å². The summed E-state index contributed by atoms with van der Waals surface area (Å²) < 4.78 is 0. The number of rotatable bonds is 4. The third kappa shape index (κ3) is 4.08. The molecule has 0 aromatic carbocycles. The molecule has 2 aliphatic heterocycles. The first-order valence-corrected chi connectivity index (χ1v) is 10.7. The van der Waals surface area contributed by atoms with Crippen LogP contribution >= 0.6 is 0 Å². The van der Waals surface area contributed by atoms with Crippen molar-refractivity contribution in [2.75, 3.05) is 13.6 Å². The van der Waals surface area contributed by atoms with Gasteiger partial charge in [0.15, 0.2) is 0 Å². The third-order valence-corrected chi connectivity index (χ3v) is 7.20. The SMILES string of the molecule is CCCC(=O)NC1CCC(C)C(C2CC3CNC(C)CC3N(C)C2=O)C1. The molecule has 0 aromatic rings. The van der Waals surface area contributed by atoms with Crippen LogP contribution in [0.4, 0.5) is 0 Å². The lowest BCUT2D eigenvalue weighted by atomic mass is 9.65. The van der Waals surface area contributed by atoms with E-state index in [4.69, 9.17) is 0 Å². The minimum absolute atomic E-state index is 0.123. The molecule has 2 amide bonds. The Morgan fingerprint density at radius 1 is 1.23 bits per heavy atom. The Balaban J connectivity index is 1.68. The molecule has 26 heavy (non-hydrogen) atoms. The van der Waals surface area contributed by atoms with Crippen molar-refractivity contribution in [2.45, 2.75) is 83.8 Å². The van der Waals surface area contributed by atoms with Gasteiger partial charge in [-0.15, -0.1) is 0 Å². The van der Waals surface area contributed by atoms with Crippen LogP contribution in [0, 0.1) is 23.7 Å². The van der Waals surface area contributed by atoms with Gasteiger partial charge in [-0.25, -0.2) is 0 Å². The highest BCUT2D eigenvalue weighted by Gasteiger charge is 2.47. The van der Waals surface area contributed by atoms with Crippen LogP contribution in [0.25, 0.3) is 0 Å². The number of amides is 2. The molecule has 3 rings (SSSR count). The van der Waals surface area contributed by atoms with E-state index in [1.165, 1.54) is 0 Å². The molecule has 3 fully saturated rings. The van der Waals surface area contributed by atoms with Gasteiger partial charge in [-0.1, -0.05) is 13.8 Å². The van der Waals surface area contributed by atoms with E-state index in [2.05, 4.69) is 29.4 Å². The van der Waals surface area contributed by atoms with E-state index in [1.54, 1.807) is 0 Å². The van der Waals surface area contributed by atoms with Crippen molar-refractivity contribution >= 4 is 11.8 Å². The minimum Gasteiger partial charge on any atom is -0.353 e. The summed E-state index contributed by atoms with van der Waals surface area (Å²) in [6.45, 7) is 7.58. The van der Waals surface area contributed by atoms with Crippen molar-refractivity contribution in [1.29, 1.82) is 0 Å². The van der Waals surface area contributed by atoms with Gasteiger partial charge in [0.2, 0.25) is 11.8 Å². The average molecular weight is 364 g/mol. The second-order valence-corrected chi connectivity index (χ2v) is 9.13. The van der Waals surface area contributed by atoms with Crippen molar-refractivity contribution < 1.29 is 9.59 Å². The quantitative estimate of drug-likeness (QED) is 0.807. The summed E-state index contributed by atoms with van der Waals surface area (Å²) in [4.78, 5) is 27.3. The monoisotopic (exact) mass is 363 g/mol. The normalized spacial score (nSPS) is 40.8. The molecule has 0 radical (unpaired) electrons. The molecule has 7 unspecified atom stereocenters. The summed E-state index contributed by atoms with van der Waals surface area (Å²) in [5, 5.41) is 6.83. The van der Waals surface area contributed by atoms with Gasteiger partial charge in [0.05, 0.1) is 0 Å². The van der Waals surface area contributed by atoms with Crippen LogP contribution in [0.15, 0.2) is 0 Å². The molecule has 0 spiro atoms. The lowest BCUT2D eigenvalue weighted by Gasteiger charge is -2.50. The van der Waals surface area contributed by atoms with Crippen LogP contribution < -0.4 is 10.6 Å². The number of hydrogen-bond donors (Lipinski definition) is 2. The molecular weight excluding hydrogens is 326 g/mol. The Morgan fingerprint density at radius 3 is 2.73 bits per heavy atom. The molecule has 5 heteroatoms. The number of piperidine rings is 2. The summed E-state index contributed by atoms with van der Waals surface area (Å²) >= 11 is 0. The zero-order valence-electron chi connectivity index (χ0n) is 17.0. The molecule has 2 N–H and O–H groups in total. The van der Waals surface area contributed by atoms with Gasteiger partial charge < -0.3 is 15.5 Å². The van der Waals surface area contributed by atoms with E-state index in [9.17, 15) is 9.59 Å². The molecule has 2 heterocycles. The van der Waals surface area contributed by atoms with Crippen molar-refractivity contribution in [3.63, 3.8) is 0 Å². The zero-order valence-corrected chi connectivity index (χ0v) is 17.0. The van der Waals surface area contributed by atoms with Crippen molar-refractivity contribution in [3.8, 4) is 0 Å². The molecule has 2 saturated heterocycles. The number of likely N-dealkylation sites (tertiary alicyclic amines) is 1. The third-order valence-electron chi connectivity index (χ3n) is 7.20. The largest absolute Gasteiger partial charge is 0.353 e. The van der Waals surface area contributed by atoms with Crippen molar-refractivity contribution in [1.82, 2.24) is 15.5 Å². The average Bonchev–Trinajstić information content (AvgIpc) is 2.60. The number of hydrogen-bond acceptors (Lipinski definition) is 3. The highest BCUT2D eigenvalue weighted by Crippen LogP contribution is 2.43. The lowest BCUT2D eigenvalue weighted by molar-refractivity contribution is -0.148. The Labute approximate surface area is 158 Å². The first-order valence-electron chi connectivity index (χ1n) is 10.7. The Hall–Kier alpha value is -1.10. The van der Waals surface area contributed by atoms with Gasteiger partial charge in [0.25, 0.3) is 0 Å². The van der Waals surface area contributed by atoms with E-state index in [0.717, 1.165) is 45.1 Å². The van der Waals surface area contributed by atoms with Gasteiger partial charge in [-0.05, 0) is 63.2 Å². The molecule has 0 aromatic heterocycles. The maximum atomic E-state index is 13.2. The topological polar surface area (TPSA) is 61.4 Å². The van der Waals surface area contributed by atoms with Crippen LogP contribution in [-0.2, 0) is 9.59 Å². The summed E-state index contributed by atoms with van der Waals surface area (Å²) in [5.41, 5.74) is 0. The summed E-state index contributed by atoms with van der Waals surface area (Å²) in [6.07, 6.45) is 6.69. The van der Waals surface area contributed by atoms with Crippen LogP contribution in [0.1, 0.15) is 65.7 Å². The van der Waals surface area contributed by atoms with E-state index in [0.29, 0.717) is 42.2 Å². The van der Waals surface area contributed by atoms with Crippen molar-refractivity contribution in [3.05, 3.63) is 0 Å². The predicted octanol–water partition coefficient (Wildman–Crippen LogP) is 2.55. The van der Waals surface area contributed by atoms with Crippen LogP contribution in [0.3, 0.4) is 0 Å². The predicted molar refractivity (Wildman–Crippen MR) is 104 cm³/mol. The fourth-order valence-corrected chi connectivity index (χ4v) is 5.63. The number of nitrogens with zero attached hydrogens (tertiary/aromatic N) is 1. The minimum atomic E-state index is 0.123. The fraction of sp³-hybridized carbons (Fsp3) is 0.905. The lowest BCUT2D eigenvalue weighted by Crippen LogP contribution is -2.60. The molecule has 1 aliphatic carbocycles. The van der Waals surface area contributed by atoms with Gasteiger partial charge in [-0.2, -0.15) is 0 Å². The van der Waals surface area contributed by atoms with Gasteiger partial charge in [-0.3, -0.25) is 9.59 Å². The maximum absolute atomic E-state index is 13.2. The number of carbonyl (C=O) groups excluding carboxylic acids is 2. The summed E-state index contributed by atoms with van der Waals surface area (Å²) in [5.74, 6) is 2.16. The molecule has 3 aliphatic rings. The van der Waals surface area contributed by atoms with Gasteiger partial charge >= 0.3 is 0 Å². The first-order chi connectivity index (χ1) is 12.4. The zero-order chi connectivity index (χ0) is 18.8. The van der Waals surface area contributed by atoms with Gasteiger partial charge in [0.1, 0.15) is 0 Å². The van der Waals surface area contributed by atoms with Crippen molar-refractivity contribution in [2.24, 2.45) is 23.7 Å². The second-order valence-electron chi connectivity index (χ2n) is 9.13. The molecule has 7 atom stereocenters. The molecule has 1 saturated carbocycles. The first kappa shape index (κ1) is 19.7. The highest BCUT2D eigenvalue weighted by molar-refractivity contribution is 5.80. The van der Waals surface area contributed by atoms with E-state index >= 15 is 0 Å². The number of nitrogens with one attached hydrogen (secondary N) is 2. The molecule has 5 nitrogen and oxygen atoms in total. The molecule has 148 valence electrons. The standard InChI is InChI=1S/C21H37N3O2/c1-5-6-20(25)23-16-8-7-13(2)17(11-16)18-10-15-12-22-14(3)9-19(15)24(4)21(18)26/h13-19,22H,5-12H2,1-4H3,(H,23,25). The Kier molecular flexibility index (Phi) is 6.26. The van der Waals surface area contributed by atoms with Crippen LogP contribution in [0.2, 0.25) is 0 Å². The second kappa shape index (κ2) is 8.28. The number of carbonyl (C=O) groups is 2. The van der Waals surface area contributed by atoms with Gasteiger partial charge in [0, 0.05) is 44.1 Å². The molecular formula is C21H37N3O2. The van der Waals surface area contributed by atoms with Crippen LogP contribution in [-0.4, -0.2) is 48.4 Å². The number of fused-ring (bicyclic) bond motifs is 1. The highest BCUT2D eigenvalue weighted by atomic mass is 16.2. The summed E-state index contributed by atoms with van der Waals surface area (Å²) in [6, 6.07) is 1.14. The molecule has 0 bridgehead atoms. The smallest absolute Gasteiger partial charge is 0.225 e. The Bertz CT molecular complexity index is 523. The fourth-order valence-electron chi connectivity index (χ4n) is 5.63. The van der Waals surface area contributed by atoms with E-state index < -0.39 is 0 Å². The maximum Gasteiger partial charge on any atom is 0.225 e. The van der Waals surface area contributed by atoms with E-state index in [-0.39, 0.29) is 17.9 Å².